The molecule has 0 aliphatic carbocycles. The van der Waals surface area contributed by atoms with E-state index in [1.165, 1.54) is 7.11 Å². The van der Waals surface area contributed by atoms with Crippen molar-refractivity contribution in [2.24, 2.45) is 4.99 Å². The number of nitrogens with one attached hydrogen (secondary N) is 2. The summed E-state index contributed by atoms with van der Waals surface area (Å²) in [6.45, 7) is 0.0545. The minimum atomic E-state index is -0.956. The number of aromatic nitrogens is 3. The number of ether oxygens (including phenoxy) is 1. The number of H-pyrrole nitrogens is 2. The van der Waals surface area contributed by atoms with Gasteiger partial charge in [0.1, 0.15) is 5.56 Å². The first-order valence-electron chi connectivity index (χ1n) is 10.2. The van der Waals surface area contributed by atoms with E-state index in [2.05, 4.69) is 15.0 Å². The Bertz CT molecular complexity index is 1430. The van der Waals surface area contributed by atoms with Gasteiger partial charge < -0.3 is 14.8 Å². The van der Waals surface area contributed by atoms with Crippen molar-refractivity contribution in [1.82, 2.24) is 14.5 Å². The number of fused-ring (bicyclic) bond motifs is 1. The quantitative estimate of drug-likeness (QED) is 0.295. The molecule has 2 aromatic heterocycles. The maximum atomic E-state index is 12.4. The number of methoxy groups -OCH3 is 1. The number of aromatic hydroxyl groups is 1. The Morgan fingerprint density at radius 3 is 2.64 bits per heavy atom. The second kappa shape index (κ2) is 9.39. The molecule has 1 atom stereocenters. The van der Waals surface area contributed by atoms with Crippen LogP contribution in [0.3, 0.4) is 0 Å². The summed E-state index contributed by atoms with van der Waals surface area (Å²) in [5, 5.41) is 11.6. The minimum absolute atomic E-state index is 0.0545. The van der Waals surface area contributed by atoms with E-state index in [4.69, 9.17) is 4.74 Å². The van der Waals surface area contributed by atoms with Crippen LogP contribution in [0.15, 0.2) is 75.4 Å². The predicted molar refractivity (Wildman–Crippen MR) is 124 cm³/mol. The Kier molecular flexibility index (Phi) is 6.21. The SMILES string of the molecule is COC(=O)C(Cc1c[nH]c2ccccc12)N=Cc1c(O)n(Cc2ccccc2)c(=O)[nH]c1=O. The van der Waals surface area contributed by atoms with Gasteiger partial charge in [0.05, 0.1) is 13.7 Å². The summed E-state index contributed by atoms with van der Waals surface area (Å²) in [5.41, 5.74) is 0.755. The van der Waals surface area contributed by atoms with Crippen molar-refractivity contribution in [3.8, 4) is 5.88 Å². The van der Waals surface area contributed by atoms with Crippen LogP contribution in [0.1, 0.15) is 16.7 Å². The number of benzene rings is 2. The van der Waals surface area contributed by atoms with Gasteiger partial charge in [-0.15, -0.1) is 0 Å². The molecular weight excluding hydrogens is 424 g/mol. The molecule has 0 spiro atoms. The summed E-state index contributed by atoms with van der Waals surface area (Å²) < 4.78 is 5.91. The number of rotatable bonds is 7. The van der Waals surface area contributed by atoms with E-state index in [0.29, 0.717) is 0 Å². The van der Waals surface area contributed by atoms with E-state index in [1.807, 2.05) is 30.3 Å². The van der Waals surface area contributed by atoms with Gasteiger partial charge in [0.2, 0.25) is 5.88 Å². The van der Waals surface area contributed by atoms with Gasteiger partial charge in [-0.3, -0.25) is 19.3 Å². The van der Waals surface area contributed by atoms with Crippen LogP contribution >= 0.6 is 0 Å². The molecule has 0 saturated heterocycles. The summed E-state index contributed by atoms with van der Waals surface area (Å²) in [4.78, 5) is 46.6. The first-order valence-corrected chi connectivity index (χ1v) is 10.2. The number of carbonyl (C=O) groups is 1. The third kappa shape index (κ3) is 4.62. The van der Waals surface area contributed by atoms with Crippen LogP contribution in [-0.4, -0.2) is 45.0 Å². The summed E-state index contributed by atoms with van der Waals surface area (Å²) in [7, 11) is 1.25. The minimum Gasteiger partial charge on any atom is -0.494 e. The van der Waals surface area contributed by atoms with Crippen molar-refractivity contribution in [2.75, 3.05) is 7.11 Å². The van der Waals surface area contributed by atoms with Crippen LogP contribution in [0.5, 0.6) is 5.88 Å². The highest BCUT2D eigenvalue weighted by atomic mass is 16.5. The van der Waals surface area contributed by atoms with Gasteiger partial charge in [-0.2, -0.15) is 0 Å². The molecule has 9 heteroatoms. The highest BCUT2D eigenvalue weighted by molar-refractivity contribution is 5.87. The number of para-hydroxylation sites is 1. The fraction of sp³-hybridized carbons (Fsp3) is 0.167. The highest BCUT2D eigenvalue weighted by Gasteiger charge is 2.21. The van der Waals surface area contributed by atoms with Crippen molar-refractivity contribution >= 4 is 23.1 Å². The van der Waals surface area contributed by atoms with E-state index in [-0.39, 0.29) is 18.5 Å². The number of esters is 1. The van der Waals surface area contributed by atoms with Crippen LogP contribution in [-0.2, 0) is 22.5 Å². The molecule has 4 aromatic rings. The molecule has 0 saturated carbocycles. The molecule has 0 aliphatic heterocycles. The topological polar surface area (TPSA) is 130 Å². The van der Waals surface area contributed by atoms with E-state index >= 15 is 0 Å². The summed E-state index contributed by atoms with van der Waals surface area (Å²) in [6, 6.07) is 15.7. The zero-order valence-electron chi connectivity index (χ0n) is 17.8. The normalized spacial score (nSPS) is 12.3. The standard InChI is InChI=1S/C24H22N4O5/c1-33-23(31)20(11-16-12-25-19-10-6-5-9-17(16)19)26-13-18-21(29)27-24(32)28(22(18)30)14-15-7-3-2-4-8-15/h2-10,12-13,20,25,30H,11,14H2,1H3,(H,27,29,32). The fourth-order valence-electron chi connectivity index (χ4n) is 3.61. The zero-order chi connectivity index (χ0) is 23.4. The Morgan fingerprint density at radius 2 is 1.88 bits per heavy atom. The monoisotopic (exact) mass is 446 g/mol. The number of nitrogens with zero attached hydrogens (tertiary/aromatic N) is 2. The van der Waals surface area contributed by atoms with Gasteiger partial charge in [-0.1, -0.05) is 48.5 Å². The van der Waals surface area contributed by atoms with Crippen molar-refractivity contribution in [3.63, 3.8) is 0 Å². The van der Waals surface area contributed by atoms with Gasteiger partial charge in [0, 0.05) is 29.7 Å². The average Bonchev–Trinajstić information content (AvgIpc) is 3.23. The Morgan fingerprint density at radius 1 is 1.15 bits per heavy atom. The number of carbonyl (C=O) groups excluding carboxylic acids is 1. The average molecular weight is 446 g/mol. The number of aromatic amines is 2. The van der Waals surface area contributed by atoms with E-state index in [0.717, 1.165) is 32.8 Å². The molecule has 2 aromatic carbocycles. The first kappa shape index (κ1) is 21.8. The lowest BCUT2D eigenvalue weighted by Gasteiger charge is -2.11. The van der Waals surface area contributed by atoms with Crippen molar-refractivity contribution in [2.45, 2.75) is 19.0 Å². The van der Waals surface area contributed by atoms with Crippen molar-refractivity contribution < 1.29 is 14.6 Å². The molecule has 0 aliphatic rings. The molecule has 0 amide bonds. The lowest BCUT2D eigenvalue weighted by molar-refractivity contribution is -0.142. The van der Waals surface area contributed by atoms with Gasteiger partial charge in [-0.05, 0) is 17.2 Å². The Hall–Kier alpha value is -4.40. The van der Waals surface area contributed by atoms with Gasteiger partial charge >= 0.3 is 11.7 Å². The lowest BCUT2D eigenvalue weighted by Crippen LogP contribution is -2.33. The molecule has 33 heavy (non-hydrogen) atoms. The van der Waals surface area contributed by atoms with Gasteiger partial charge in [0.25, 0.3) is 5.56 Å². The van der Waals surface area contributed by atoms with Crippen LogP contribution in [0.4, 0.5) is 0 Å². The smallest absolute Gasteiger partial charge is 0.331 e. The van der Waals surface area contributed by atoms with Crippen molar-refractivity contribution in [3.05, 3.63) is 98.3 Å². The second-order valence-corrected chi connectivity index (χ2v) is 7.45. The van der Waals surface area contributed by atoms with E-state index in [9.17, 15) is 19.5 Å². The lowest BCUT2D eigenvalue weighted by atomic mass is 10.1. The van der Waals surface area contributed by atoms with E-state index < -0.39 is 29.1 Å². The molecule has 9 nitrogen and oxygen atoms in total. The highest BCUT2D eigenvalue weighted by Crippen LogP contribution is 2.20. The molecule has 0 bridgehead atoms. The molecule has 0 radical (unpaired) electrons. The van der Waals surface area contributed by atoms with E-state index in [1.54, 1.807) is 30.5 Å². The predicted octanol–water partition coefficient (Wildman–Crippen LogP) is 1.97. The second-order valence-electron chi connectivity index (χ2n) is 7.45. The third-order valence-electron chi connectivity index (χ3n) is 5.34. The molecule has 2 heterocycles. The molecule has 1 unspecified atom stereocenters. The number of aliphatic imine (C=N–C) groups is 1. The largest absolute Gasteiger partial charge is 0.494 e. The Balaban J connectivity index is 1.67. The van der Waals surface area contributed by atoms with Crippen LogP contribution in [0.2, 0.25) is 0 Å². The molecule has 0 fully saturated rings. The first-order chi connectivity index (χ1) is 16.0. The summed E-state index contributed by atoms with van der Waals surface area (Å²) in [5.74, 6) is -1.13. The fourth-order valence-corrected chi connectivity index (χ4v) is 3.61. The number of hydrogen-bond acceptors (Lipinski definition) is 6. The summed E-state index contributed by atoms with van der Waals surface area (Å²) >= 11 is 0. The third-order valence-corrected chi connectivity index (χ3v) is 5.34. The molecule has 168 valence electrons. The molecule has 3 N–H and O–H groups in total. The Labute approximate surface area is 188 Å². The van der Waals surface area contributed by atoms with Crippen LogP contribution in [0.25, 0.3) is 10.9 Å². The van der Waals surface area contributed by atoms with Crippen molar-refractivity contribution in [1.29, 1.82) is 0 Å². The van der Waals surface area contributed by atoms with Crippen LogP contribution in [0, 0.1) is 0 Å². The van der Waals surface area contributed by atoms with Gasteiger partial charge in [0.15, 0.2) is 6.04 Å². The zero-order valence-corrected chi connectivity index (χ0v) is 17.8. The van der Waals surface area contributed by atoms with Crippen LogP contribution < -0.4 is 11.2 Å². The molecular formula is C24H22N4O5. The maximum Gasteiger partial charge on any atom is 0.331 e. The number of hydrogen-bond donors (Lipinski definition) is 3. The van der Waals surface area contributed by atoms with Gasteiger partial charge in [-0.25, -0.2) is 9.59 Å². The maximum absolute atomic E-state index is 12.4. The molecule has 4 rings (SSSR count). The summed E-state index contributed by atoms with van der Waals surface area (Å²) in [6.07, 6.45) is 3.11.